The lowest BCUT2D eigenvalue weighted by molar-refractivity contribution is -0.153. The lowest BCUT2D eigenvalue weighted by atomic mass is 10.1. The van der Waals surface area contributed by atoms with E-state index < -0.39 is 18.4 Å². The third-order valence-electron chi connectivity index (χ3n) is 4.42. The summed E-state index contributed by atoms with van der Waals surface area (Å²) >= 11 is 1.55. The second-order valence-electron chi connectivity index (χ2n) is 10.3. The van der Waals surface area contributed by atoms with Crippen LogP contribution >= 0.6 is 11.8 Å². The number of hydrogen-bond donors (Lipinski definition) is 0. The van der Waals surface area contributed by atoms with Gasteiger partial charge in [-0.2, -0.15) is 0 Å². The number of esters is 1. The highest BCUT2D eigenvalue weighted by Gasteiger charge is 2.40. The Labute approximate surface area is 180 Å². The molecular formula is C22H35NO4SSi. The minimum absolute atomic E-state index is 0.0254. The van der Waals surface area contributed by atoms with Gasteiger partial charge in [-0.3, -0.25) is 14.5 Å². The highest BCUT2D eigenvalue weighted by Crippen LogP contribution is 2.45. The second-order valence-corrected chi connectivity index (χ2v) is 17.5. The lowest BCUT2D eigenvalue weighted by Crippen LogP contribution is -2.47. The van der Waals surface area contributed by atoms with Crippen LogP contribution in [0.25, 0.3) is 0 Å². The van der Waals surface area contributed by atoms with Crippen LogP contribution in [0.4, 0.5) is 5.69 Å². The van der Waals surface area contributed by atoms with Crippen molar-refractivity contribution in [3.05, 3.63) is 23.8 Å². The summed E-state index contributed by atoms with van der Waals surface area (Å²) in [4.78, 5) is 28.0. The SMILES string of the molecule is CC(C)(C)OC(=O)Cc1ccc2c(c1)N(COCC[Si](C)(C)C)C(=O)C(C)(C)S2. The standard InChI is InChI=1S/C22H35NO4SSi/c1-21(2,3)27-19(24)14-16-9-10-18-17(13-16)23(20(25)22(4,5)28-18)15-26-11-12-29(6,7)8/h9-10,13H,11-12,14-15H2,1-8H3. The molecule has 7 heteroatoms. The van der Waals surface area contributed by atoms with Gasteiger partial charge in [0.2, 0.25) is 5.91 Å². The van der Waals surface area contributed by atoms with Crippen molar-refractivity contribution in [3.8, 4) is 0 Å². The Balaban J connectivity index is 2.19. The van der Waals surface area contributed by atoms with E-state index in [9.17, 15) is 9.59 Å². The number of rotatable bonds is 7. The Morgan fingerprint density at radius 3 is 2.45 bits per heavy atom. The zero-order valence-electron chi connectivity index (χ0n) is 19.0. The van der Waals surface area contributed by atoms with Gasteiger partial charge >= 0.3 is 5.97 Å². The first-order chi connectivity index (χ1) is 13.2. The molecule has 0 aromatic heterocycles. The van der Waals surface area contributed by atoms with Crippen molar-refractivity contribution in [2.45, 2.75) is 82.0 Å². The van der Waals surface area contributed by atoms with E-state index in [2.05, 4.69) is 19.6 Å². The van der Waals surface area contributed by atoms with Gasteiger partial charge in [0, 0.05) is 19.6 Å². The molecule has 1 aliphatic rings. The molecule has 2 rings (SSSR count). The zero-order chi connectivity index (χ0) is 22.0. The van der Waals surface area contributed by atoms with E-state index in [1.54, 1.807) is 16.7 Å². The summed E-state index contributed by atoms with van der Waals surface area (Å²) in [6.07, 6.45) is 0.178. The number of hydrogen-bond acceptors (Lipinski definition) is 5. The van der Waals surface area contributed by atoms with Crippen molar-refractivity contribution in [2.75, 3.05) is 18.2 Å². The van der Waals surface area contributed by atoms with Crippen LogP contribution < -0.4 is 4.90 Å². The maximum Gasteiger partial charge on any atom is 0.310 e. The van der Waals surface area contributed by atoms with Crippen LogP contribution in [-0.4, -0.2) is 43.6 Å². The van der Waals surface area contributed by atoms with E-state index in [1.807, 2.05) is 52.8 Å². The number of anilines is 1. The molecule has 1 aliphatic heterocycles. The molecule has 0 N–H and O–H groups in total. The smallest absolute Gasteiger partial charge is 0.310 e. The van der Waals surface area contributed by atoms with Crippen molar-refractivity contribution in [3.63, 3.8) is 0 Å². The fraction of sp³-hybridized carbons (Fsp3) is 0.636. The van der Waals surface area contributed by atoms with Crippen LogP contribution in [0.2, 0.25) is 25.7 Å². The molecule has 0 spiro atoms. The number of fused-ring (bicyclic) bond motifs is 1. The summed E-state index contributed by atoms with van der Waals surface area (Å²) in [5.41, 5.74) is 1.13. The van der Waals surface area contributed by atoms with Gasteiger partial charge in [-0.1, -0.05) is 25.7 Å². The monoisotopic (exact) mass is 437 g/mol. The molecule has 1 aromatic carbocycles. The molecule has 0 aliphatic carbocycles. The molecule has 0 atom stereocenters. The fourth-order valence-corrected chi connectivity index (χ4v) is 4.84. The van der Waals surface area contributed by atoms with Gasteiger partial charge in [0.05, 0.1) is 16.9 Å². The van der Waals surface area contributed by atoms with Crippen molar-refractivity contribution in [1.29, 1.82) is 0 Å². The van der Waals surface area contributed by atoms with Crippen LogP contribution in [0.5, 0.6) is 0 Å². The molecule has 162 valence electrons. The summed E-state index contributed by atoms with van der Waals surface area (Å²) < 4.78 is 10.8. The molecule has 0 fully saturated rings. The summed E-state index contributed by atoms with van der Waals surface area (Å²) in [5, 5.41) is 0. The second kappa shape index (κ2) is 8.82. The molecule has 1 heterocycles. The third kappa shape index (κ3) is 7.15. The molecule has 0 radical (unpaired) electrons. The summed E-state index contributed by atoms with van der Waals surface area (Å²) in [6, 6.07) is 6.90. The first kappa shape index (κ1) is 24.0. The number of amides is 1. The molecule has 0 saturated carbocycles. The molecule has 0 unspecified atom stereocenters. The van der Waals surface area contributed by atoms with Gasteiger partial charge in [-0.05, 0) is 58.4 Å². The predicted molar refractivity (Wildman–Crippen MR) is 122 cm³/mol. The van der Waals surface area contributed by atoms with E-state index in [1.165, 1.54) is 0 Å². The van der Waals surface area contributed by atoms with Gasteiger partial charge < -0.3 is 9.47 Å². The zero-order valence-corrected chi connectivity index (χ0v) is 20.9. The maximum atomic E-state index is 13.1. The topological polar surface area (TPSA) is 55.8 Å². The van der Waals surface area contributed by atoms with E-state index in [-0.39, 0.29) is 25.0 Å². The highest BCUT2D eigenvalue weighted by molar-refractivity contribution is 8.01. The minimum Gasteiger partial charge on any atom is -0.460 e. The fourth-order valence-electron chi connectivity index (χ4n) is 2.93. The number of carbonyl (C=O) groups excluding carboxylic acids is 2. The first-order valence-corrected chi connectivity index (χ1v) is 14.6. The van der Waals surface area contributed by atoms with Gasteiger partial charge in [0.1, 0.15) is 12.3 Å². The maximum absolute atomic E-state index is 13.1. The van der Waals surface area contributed by atoms with Crippen LogP contribution in [0.3, 0.4) is 0 Å². The lowest BCUT2D eigenvalue weighted by Gasteiger charge is -2.38. The van der Waals surface area contributed by atoms with Crippen molar-refractivity contribution >= 4 is 37.4 Å². The van der Waals surface area contributed by atoms with Crippen molar-refractivity contribution < 1.29 is 19.1 Å². The first-order valence-electron chi connectivity index (χ1n) is 10.1. The Kier molecular flexibility index (Phi) is 7.29. The Bertz CT molecular complexity index is 765. The van der Waals surface area contributed by atoms with E-state index in [4.69, 9.17) is 9.47 Å². The average Bonchev–Trinajstić information content (AvgIpc) is 2.52. The van der Waals surface area contributed by atoms with E-state index >= 15 is 0 Å². The molecule has 1 aromatic rings. The predicted octanol–water partition coefficient (Wildman–Crippen LogP) is 5.10. The van der Waals surface area contributed by atoms with Crippen LogP contribution in [0, 0.1) is 0 Å². The van der Waals surface area contributed by atoms with Gasteiger partial charge in [-0.15, -0.1) is 11.8 Å². The molecule has 5 nitrogen and oxygen atoms in total. The number of ether oxygens (including phenoxy) is 2. The molecule has 0 saturated heterocycles. The summed E-state index contributed by atoms with van der Waals surface area (Å²) in [5.74, 6) is -0.247. The minimum atomic E-state index is -1.19. The number of nitrogens with zero attached hydrogens (tertiary/aromatic N) is 1. The van der Waals surface area contributed by atoms with Crippen LogP contribution in [0.1, 0.15) is 40.2 Å². The third-order valence-corrected chi connectivity index (χ3v) is 7.38. The Morgan fingerprint density at radius 2 is 1.86 bits per heavy atom. The van der Waals surface area contributed by atoms with Crippen molar-refractivity contribution in [2.24, 2.45) is 0 Å². The van der Waals surface area contributed by atoms with Crippen LogP contribution in [-0.2, 0) is 25.5 Å². The largest absolute Gasteiger partial charge is 0.460 e. The normalized spacial score (nSPS) is 16.6. The molecule has 0 bridgehead atoms. The number of thioether (sulfide) groups is 1. The van der Waals surface area contributed by atoms with E-state index in [0.29, 0.717) is 6.61 Å². The Morgan fingerprint density at radius 1 is 1.21 bits per heavy atom. The number of carbonyl (C=O) groups is 2. The highest BCUT2D eigenvalue weighted by atomic mass is 32.2. The summed E-state index contributed by atoms with van der Waals surface area (Å²) in [7, 11) is -1.19. The Hall–Kier alpha value is -1.31. The quantitative estimate of drug-likeness (QED) is 0.337. The number of benzene rings is 1. The van der Waals surface area contributed by atoms with Crippen LogP contribution in [0.15, 0.2) is 23.1 Å². The molecule has 29 heavy (non-hydrogen) atoms. The van der Waals surface area contributed by atoms with Gasteiger partial charge in [0.15, 0.2) is 0 Å². The molecule has 1 amide bonds. The van der Waals surface area contributed by atoms with Crippen molar-refractivity contribution in [1.82, 2.24) is 0 Å². The average molecular weight is 438 g/mol. The van der Waals surface area contributed by atoms with E-state index in [0.717, 1.165) is 22.2 Å². The van der Waals surface area contributed by atoms with Gasteiger partial charge in [0.25, 0.3) is 0 Å². The summed E-state index contributed by atoms with van der Waals surface area (Å²) in [6.45, 7) is 17.2. The van der Waals surface area contributed by atoms with Gasteiger partial charge in [-0.25, -0.2) is 0 Å². The molecular weight excluding hydrogens is 402 g/mol.